The summed E-state index contributed by atoms with van der Waals surface area (Å²) >= 11 is 0. The van der Waals surface area contributed by atoms with Crippen LogP contribution < -0.4 is 16.8 Å². The highest BCUT2D eigenvalue weighted by atomic mass is 15.0. The molecule has 5 N–H and O–H groups in total. The van der Waals surface area contributed by atoms with Gasteiger partial charge in [-0.1, -0.05) is 24.3 Å². The maximum atomic E-state index is 5.75. The summed E-state index contributed by atoms with van der Waals surface area (Å²) < 4.78 is 0. The number of aliphatic imine (C=N–C) groups is 1. The molecule has 0 saturated carbocycles. The molecule has 0 aromatic heterocycles. The molecule has 2 aromatic rings. The topological polar surface area (TPSA) is 76.4 Å². The lowest BCUT2D eigenvalue weighted by atomic mass is 9.99. The number of anilines is 2. The van der Waals surface area contributed by atoms with Crippen LogP contribution in [-0.2, 0) is 12.8 Å². The van der Waals surface area contributed by atoms with E-state index in [0.717, 1.165) is 35.6 Å². The fraction of sp³-hybridized carbons (Fsp3) is 0.250. The van der Waals surface area contributed by atoms with E-state index in [1.807, 2.05) is 24.3 Å². The highest BCUT2D eigenvalue weighted by Gasteiger charge is 2.19. The fourth-order valence-corrected chi connectivity index (χ4v) is 2.88. The Labute approximate surface area is 143 Å². The Morgan fingerprint density at radius 2 is 1.38 bits per heavy atom. The zero-order valence-corrected chi connectivity index (χ0v) is 14.2. The molecular formula is C20H24N4. The van der Waals surface area contributed by atoms with Gasteiger partial charge in [0.2, 0.25) is 0 Å². The molecule has 1 atom stereocenters. The van der Waals surface area contributed by atoms with Gasteiger partial charge in [-0.3, -0.25) is 4.99 Å². The molecule has 1 aliphatic heterocycles. The molecule has 0 aliphatic carbocycles. The van der Waals surface area contributed by atoms with Crippen LogP contribution in [0.2, 0.25) is 0 Å². The summed E-state index contributed by atoms with van der Waals surface area (Å²) in [6.07, 6.45) is 1.68. The fourth-order valence-electron chi connectivity index (χ4n) is 2.88. The number of hydrogen-bond acceptors (Lipinski definition) is 4. The second-order valence-corrected chi connectivity index (χ2v) is 6.37. The second-order valence-electron chi connectivity index (χ2n) is 6.37. The summed E-state index contributed by atoms with van der Waals surface area (Å²) in [4.78, 5) is 4.85. The Balaban J connectivity index is 1.77. The Morgan fingerprint density at radius 3 is 1.92 bits per heavy atom. The standard InChI is InChI=1S/C20H24N4/c1-13-19(11-15-3-7-17(21)8-4-15)24-14(2)20(23-13)12-16-5-9-18(22)10-6-16/h3-10,13,23H,11-12,21-22H2,1-2H3. The van der Waals surface area contributed by atoms with Crippen LogP contribution in [0.15, 0.2) is 64.9 Å². The lowest BCUT2D eigenvalue weighted by molar-refractivity contribution is 0.697. The SMILES string of the molecule is CC1=C(Cc2ccc(N)cc2)NC(C)C(Cc2ccc(N)cc2)=N1. The lowest BCUT2D eigenvalue weighted by Crippen LogP contribution is -2.38. The third-order valence-electron chi connectivity index (χ3n) is 4.36. The van der Waals surface area contributed by atoms with Gasteiger partial charge in [0.05, 0.1) is 11.7 Å². The summed E-state index contributed by atoms with van der Waals surface area (Å²) in [5, 5.41) is 3.60. The van der Waals surface area contributed by atoms with Gasteiger partial charge in [0.1, 0.15) is 0 Å². The molecule has 4 heteroatoms. The predicted molar refractivity (Wildman–Crippen MR) is 102 cm³/mol. The lowest BCUT2D eigenvalue weighted by Gasteiger charge is -2.26. The highest BCUT2D eigenvalue weighted by Crippen LogP contribution is 2.19. The minimum Gasteiger partial charge on any atom is -0.399 e. The molecule has 0 radical (unpaired) electrons. The van der Waals surface area contributed by atoms with Gasteiger partial charge in [0.15, 0.2) is 0 Å². The zero-order chi connectivity index (χ0) is 17.1. The number of allylic oxidation sites excluding steroid dienone is 2. The summed E-state index contributed by atoms with van der Waals surface area (Å²) in [5.74, 6) is 0. The van der Waals surface area contributed by atoms with Crippen LogP contribution in [-0.4, -0.2) is 11.8 Å². The van der Waals surface area contributed by atoms with E-state index in [9.17, 15) is 0 Å². The maximum absolute atomic E-state index is 5.75. The molecule has 0 amide bonds. The van der Waals surface area contributed by atoms with Crippen molar-refractivity contribution in [2.75, 3.05) is 11.5 Å². The molecule has 1 aliphatic rings. The van der Waals surface area contributed by atoms with Crippen molar-refractivity contribution in [2.45, 2.75) is 32.7 Å². The number of benzene rings is 2. The van der Waals surface area contributed by atoms with Crippen LogP contribution in [0.5, 0.6) is 0 Å². The van der Waals surface area contributed by atoms with Crippen LogP contribution in [0.4, 0.5) is 11.4 Å². The van der Waals surface area contributed by atoms with Gasteiger partial charge in [-0.2, -0.15) is 0 Å². The zero-order valence-electron chi connectivity index (χ0n) is 14.2. The predicted octanol–water partition coefficient (Wildman–Crippen LogP) is 3.30. The van der Waals surface area contributed by atoms with E-state index < -0.39 is 0 Å². The average molecular weight is 320 g/mol. The van der Waals surface area contributed by atoms with E-state index in [4.69, 9.17) is 16.5 Å². The molecule has 1 unspecified atom stereocenters. The monoisotopic (exact) mass is 320 g/mol. The average Bonchev–Trinajstić information content (AvgIpc) is 2.56. The van der Waals surface area contributed by atoms with E-state index >= 15 is 0 Å². The van der Waals surface area contributed by atoms with Crippen LogP contribution in [0.3, 0.4) is 0 Å². The molecule has 4 nitrogen and oxygen atoms in total. The second kappa shape index (κ2) is 6.79. The number of rotatable bonds is 4. The Bertz CT molecular complexity index is 770. The van der Waals surface area contributed by atoms with E-state index in [1.54, 1.807) is 0 Å². The molecule has 124 valence electrons. The minimum atomic E-state index is 0.218. The first-order valence-corrected chi connectivity index (χ1v) is 8.24. The Hall–Kier alpha value is -2.75. The van der Waals surface area contributed by atoms with Gasteiger partial charge in [-0.15, -0.1) is 0 Å². The van der Waals surface area contributed by atoms with Gasteiger partial charge in [0.25, 0.3) is 0 Å². The molecule has 0 bridgehead atoms. The summed E-state index contributed by atoms with van der Waals surface area (Å²) in [5.41, 5.74) is 18.9. The summed E-state index contributed by atoms with van der Waals surface area (Å²) in [6.45, 7) is 4.22. The molecule has 0 fully saturated rings. The maximum Gasteiger partial charge on any atom is 0.0619 e. The summed E-state index contributed by atoms with van der Waals surface area (Å²) in [7, 11) is 0. The minimum absolute atomic E-state index is 0.218. The number of nitrogens with one attached hydrogen (secondary N) is 1. The van der Waals surface area contributed by atoms with Gasteiger partial charge >= 0.3 is 0 Å². The van der Waals surface area contributed by atoms with Crippen molar-refractivity contribution < 1.29 is 0 Å². The first-order valence-electron chi connectivity index (χ1n) is 8.24. The van der Waals surface area contributed by atoms with Crippen molar-refractivity contribution in [3.63, 3.8) is 0 Å². The third kappa shape index (κ3) is 3.77. The molecule has 1 heterocycles. The number of nitrogen functional groups attached to an aromatic ring is 2. The van der Waals surface area contributed by atoms with E-state index in [0.29, 0.717) is 0 Å². The normalized spacial score (nSPS) is 17.4. The summed E-state index contributed by atoms with van der Waals surface area (Å²) in [6, 6.07) is 16.2. The number of hydrogen-bond donors (Lipinski definition) is 3. The van der Waals surface area contributed by atoms with Crippen molar-refractivity contribution in [1.29, 1.82) is 0 Å². The van der Waals surface area contributed by atoms with E-state index in [2.05, 4.69) is 43.4 Å². The van der Waals surface area contributed by atoms with Crippen LogP contribution >= 0.6 is 0 Å². The van der Waals surface area contributed by atoms with Gasteiger partial charge in [-0.25, -0.2) is 0 Å². The van der Waals surface area contributed by atoms with Crippen LogP contribution in [0.1, 0.15) is 25.0 Å². The van der Waals surface area contributed by atoms with Crippen molar-refractivity contribution >= 4 is 17.1 Å². The first kappa shape index (κ1) is 16.1. The van der Waals surface area contributed by atoms with E-state index in [1.165, 1.54) is 16.8 Å². The van der Waals surface area contributed by atoms with Gasteiger partial charge in [-0.05, 0) is 49.2 Å². The smallest absolute Gasteiger partial charge is 0.0619 e. The number of nitrogens with two attached hydrogens (primary N) is 2. The van der Waals surface area contributed by atoms with Crippen molar-refractivity contribution in [1.82, 2.24) is 5.32 Å². The molecule has 3 rings (SSSR count). The molecule has 2 aromatic carbocycles. The van der Waals surface area contributed by atoms with Crippen LogP contribution in [0, 0.1) is 0 Å². The van der Waals surface area contributed by atoms with Crippen molar-refractivity contribution in [3.05, 3.63) is 71.1 Å². The van der Waals surface area contributed by atoms with Crippen molar-refractivity contribution in [3.8, 4) is 0 Å². The van der Waals surface area contributed by atoms with Gasteiger partial charge in [0, 0.05) is 35.6 Å². The molecule has 0 spiro atoms. The quantitative estimate of drug-likeness (QED) is 0.757. The molecule has 0 saturated heterocycles. The Morgan fingerprint density at radius 1 is 0.875 bits per heavy atom. The van der Waals surface area contributed by atoms with Gasteiger partial charge < -0.3 is 16.8 Å². The van der Waals surface area contributed by atoms with E-state index in [-0.39, 0.29) is 6.04 Å². The largest absolute Gasteiger partial charge is 0.399 e. The van der Waals surface area contributed by atoms with Crippen LogP contribution in [0.25, 0.3) is 0 Å². The Kier molecular flexibility index (Phi) is 4.56. The molecular weight excluding hydrogens is 296 g/mol. The highest BCUT2D eigenvalue weighted by molar-refractivity contribution is 5.93. The third-order valence-corrected chi connectivity index (χ3v) is 4.36. The number of nitrogens with zero attached hydrogens (tertiary/aromatic N) is 1. The first-order chi connectivity index (χ1) is 11.5. The van der Waals surface area contributed by atoms with Crippen molar-refractivity contribution in [2.24, 2.45) is 4.99 Å². The molecule has 24 heavy (non-hydrogen) atoms.